The van der Waals surface area contributed by atoms with Gasteiger partial charge >= 0.3 is 0 Å². The van der Waals surface area contributed by atoms with Gasteiger partial charge in [0, 0.05) is 48.9 Å². The maximum absolute atomic E-state index is 5.03. The quantitative estimate of drug-likeness (QED) is 0.713. The lowest BCUT2D eigenvalue weighted by molar-refractivity contribution is 0.459. The summed E-state index contributed by atoms with van der Waals surface area (Å²) in [5, 5.41) is 9.21. The Morgan fingerprint density at radius 2 is 1.67 bits per heavy atom. The minimum Gasteiger partial charge on any atom is -0.356 e. The maximum Gasteiger partial charge on any atom is 0.137 e. The average Bonchev–Trinajstić information content (AvgIpc) is 2.95. The molecular formula is C24H38N6. The minimum absolute atomic E-state index is 0.00277. The van der Waals surface area contributed by atoms with E-state index in [9.17, 15) is 0 Å². The standard InChI is InChI=1S/C24H38N6/c1-23(2,3)18-15-20(26-22(25-18)24(4,5)6)29-13-10-11-17(16-29)21-28-27-19-12-8-7-9-14-30(19)21/h15,17H,7-14,16H2,1-6H3. The lowest BCUT2D eigenvalue weighted by Crippen LogP contribution is -2.37. The van der Waals surface area contributed by atoms with Crippen LogP contribution in [0.25, 0.3) is 0 Å². The number of anilines is 1. The Morgan fingerprint density at radius 3 is 2.40 bits per heavy atom. The number of piperidine rings is 1. The number of nitrogens with zero attached hydrogens (tertiary/aromatic N) is 6. The van der Waals surface area contributed by atoms with E-state index in [2.05, 4.69) is 67.3 Å². The Hall–Kier alpha value is -1.98. The Balaban J connectivity index is 1.64. The van der Waals surface area contributed by atoms with E-state index in [-0.39, 0.29) is 10.8 Å². The zero-order valence-corrected chi connectivity index (χ0v) is 19.7. The molecule has 4 rings (SSSR count). The molecule has 0 radical (unpaired) electrons. The van der Waals surface area contributed by atoms with Crippen LogP contribution in [0.3, 0.4) is 0 Å². The zero-order valence-electron chi connectivity index (χ0n) is 19.7. The Labute approximate surface area is 181 Å². The molecule has 0 spiro atoms. The summed E-state index contributed by atoms with van der Waals surface area (Å²) in [5.74, 6) is 4.80. The number of hydrogen-bond donors (Lipinski definition) is 0. The molecule has 6 nitrogen and oxygen atoms in total. The molecule has 2 aromatic rings. The molecule has 1 unspecified atom stereocenters. The summed E-state index contributed by atoms with van der Waals surface area (Å²) in [5.41, 5.74) is 1.04. The van der Waals surface area contributed by atoms with E-state index in [1.54, 1.807) is 0 Å². The summed E-state index contributed by atoms with van der Waals surface area (Å²) in [7, 11) is 0. The molecule has 4 heterocycles. The molecule has 0 aliphatic carbocycles. The second-order valence-corrected chi connectivity index (χ2v) is 11.2. The molecule has 1 atom stereocenters. The predicted molar refractivity (Wildman–Crippen MR) is 121 cm³/mol. The van der Waals surface area contributed by atoms with Crippen LogP contribution in [0.5, 0.6) is 0 Å². The molecule has 0 amide bonds. The molecule has 6 heteroatoms. The highest BCUT2D eigenvalue weighted by molar-refractivity contribution is 5.43. The van der Waals surface area contributed by atoms with Crippen molar-refractivity contribution in [3.63, 3.8) is 0 Å². The van der Waals surface area contributed by atoms with Crippen LogP contribution in [0, 0.1) is 0 Å². The van der Waals surface area contributed by atoms with E-state index in [0.29, 0.717) is 5.92 Å². The normalized spacial score (nSPS) is 20.7. The molecule has 1 saturated heterocycles. The van der Waals surface area contributed by atoms with E-state index in [1.165, 1.54) is 37.3 Å². The third-order valence-electron chi connectivity index (χ3n) is 6.40. The Bertz CT molecular complexity index is 854. The lowest BCUT2D eigenvalue weighted by atomic mass is 9.90. The third kappa shape index (κ3) is 4.37. The second-order valence-electron chi connectivity index (χ2n) is 11.2. The molecule has 0 N–H and O–H groups in total. The van der Waals surface area contributed by atoms with E-state index in [1.807, 2.05) is 0 Å². The molecule has 1 fully saturated rings. The van der Waals surface area contributed by atoms with Crippen LogP contribution >= 0.6 is 0 Å². The van der Waals surface area contributed by atoms with Crippen LogP contribution in [0.2, 0.25) is 0 Å². The van der Waals surface area contributed by atoms with Gasteiger partial charge in [-0.05, 0) is 25.7 Å². The van der Waals surface area contributed by atoms with Gasteiger partial charge in [-0.3, -0.25) is 0 Å². The monoisotopic (exact) mass is 410 g/mol. The largest absolute Gasteiger partial charge is 0.356 e. The molecule has 0 bridgehead atoms. The second kappa shape index (κ2) is 7.93. The zero-order chi connectivity index (χ0) is 21.5. The van der Waals surface area contributed by atoms with Crippen LogP contribution in [0.4, 0.5) is 5.82 Å². The van der Waals surface area contributed by atoms with Crippen molar-refractivity contribution in [2.24, 2.45) is 0 Å². The van der Waals surface area contributed by atoms with Crippen LogP contribution in [-0.4, -0.2) is 37.8 Å². The smallest absolute Gasteiger partial charge is 0.137 e. The molecule has 2 aliphatic heterocycles. The summed E-state index contributed by atoms with van der Waals surface area (Å²) in [6, 6.07) is 2.21. The summed E-state index contributed by atoms with van der Waals surface area (Å²) < 4.78 is 2.42. The fourth-order valence-corrected chi connectivity index (χ4v) is 4.52. The van der Waals surface area contributed by atoms with Crippen molar-refractivity contribution in [3.8, 4) is 0 Å². The Morgan fingerprint density at radius 1 is 0.867 bits per heavy atom. The van der Waals surface area contributed by atoms with E-state index in [4.69, 9.17) is 9.97 Å². The molecule has 30 heavy (non-hydrogen) atoms. The first-order chi connectivity index (χ1) is 14.1. The molecule has 2 aliphatic rings. The highest BCUT2D eigenvalue weighted by Gasteiger charge is 2.30. The van der Waals surface area contributed by atoms with Crippen molar-refractivity contribution in [1.82, 2.24) is 24.7 Å². The van der Waals surface area contributed by atoms with Gasteiger partial charge in [0.15, 0.2) is 0 Å². The van der Waals surface area contributed by atoms with Gasteiger partial charge < -0.3 is 9.47 Å². The average molecular weight is 411 g/mol. The number of aromatic nitrogens is 5. The van der Waals surface area contributed by atoms with Gasteiger partial charge in [-0.1, -0.05) is 48.0 Å². The van der Waals surface area contributed by atoms with Gasteiger partial charge in [0.2, 0.25) is 0 Å². The van der Waals surface area contributed by atoms with Crippen LogP contribution < -0.4 is 4.90 Å². The van der Waals surface area contributed by atoms with Gasteiger partial charge in [0.25, 0.3) is 0 Å². The first-order valence-electron chi connectivity index (χ1n) is 11.7. The summed E-state index contributed by atoms with van der Waals surface area (Å²) in [6.07, 6.45) is 7.18. The van der Waals surface area contributed by atoms with Crippen LogP contribution in [0.1, 0.15) is 103 Å². The SMILES string of the molecule is CC(C)(C)c1cc(N2CCCC(c3nnc4n3CCCCC4)C2)nc(C(C)(C)C)n1. The fourth-order valence-electron chi connectivity index (χ4n) is 4.52. The van der Waals surface area contributed by atoms with Crippen molar-refractivity contribution >= 4 is 5.82 Å². The Kier molecular flexibility index (Phi) is 5.62. The van der Waals surface area contributed by atoms with Gasteiger partial charge in [0.1, 0.15) is 23.3 Å². The van der Waals surface area contributed by atoms with Crippen LogP contribution in [0.15, 0.2) is 6.07 Å². The van der Waals surface area contributed by atoms with Gasteiger partial charge in [-0.15, -0.1) is 10.2 Å². The molecular weight excluding hydrogens is 372 g/mol. The topological polar surface area (TPSA) is 59.7 Å². The lowest BCUT2D eigenvalue weighted by Gasteiger charge is -2.35. The number of rotatable bonds is 2. The highest BCUT2D eigenvalue weighted by atomic mass is 15.3. The van der Waals surface area contributed by atoms with Crippen molar-refractivity contribution in [1.29, 1.82) is 0 Å². The first kappa shape index (κ1) is 21.3. The molecule has 0 saturated carbocycles. The van der Waals surface area contributed by atoms with E-state index >= 15 is 0 Å². The van der Waals surface area contributed by atoms with Gasteiger partial charge in [0.05, 0.1) is 5.69 Å². The summed E-state index contributed by atoms with van der Waals surface area (Å²) in [4.78, 5) is 12.4. The van der Waals surface area contributed by atoms with Crippen molar-refractivity contribution in [2.75, 3.05) is 18.0 Å². The number of aryl methyl sites for hydroxylation is 1. The fraction of sp³-hybridized carbons (Fsp3) is 0.750. The third-order valence-corrected chi connectivity index (χ3v) is 6.40. The number of hydrogen-bond acceptors (Lipinski definition) is 5. The van der Waals surface area contributed by atoms with Crippen molar-refractivity contribution < 1.29 is 0 Å². The predicted octanol–water partition coefficient (Wildman–Crippen LogP) is 4.77. The maximum atomic E-state index is 5.03. The van der Waals surface area contributed by atoms with Gasteiger partial charge in [-0.2, -0.15) is 0 Å². The molecule has 2 aromatic heterocycles. The summed E-state index contributed by atoms with van der Waals surface area (Å²) >= 11 is 0. The first-order valence-corrected chi connectivity index (χ1v) is 11.7. The minimum atomic E-state index is -0.0739. The van der Waals surface area contributed by atoms with Crippen LogP contribution in [-0.2, 0) is 23.8 Å². The van der Waals surface area contributed by atoms with Crippen molar-refractivity contribution in [3.05, 3.63) is 29.2 Å². The van der Waals surface area contributed by atoms with Gasteiger partial charge in [-0.25, -0.2) is 9.97 Å². The van der Waals surface area contributed by atoms with E-state index in [0.717, 1.165) is 49.8 Å². The number of fused-ring (bicyclic) bond motifs is 1. The van der Waals surface area contributed by atoms with Crippen molar-refractivity contribution in [2.45, 2.75) is 103 Å². The molecule has 0 aromatic carbocycles. The summed E-state index contributed by atoms with van der Waals surface area (Å²) in [6.45, 7) is 16.4. The van der Waals surface area contributed by atoms with E-state index < -0.39 is 0 Å². The highest BCUT2D eigenvalue weighted by Crippen LogP contribution is 2.33. The molecule has 164 valence electrons.